The Morgan fingerprint density at radius 2 is 1.91 bits per heavy atom. The lowest BCUT2D eigenvalue weighted by molar-refractivity contribution is -0.141. The van der Waals surface area contributed by atoms with Crippen LogP contribution in [0.25, 0.3) is 16.7 Å². The van der Waals surface area contributed by atoms with Crippen LogP contribution in [0.4, 0.5) is 18.0 Å². The van der Waals surface area contributed by atoms with Crippen molar-refractivity contribution in [2.75, 3.05) is 27.3 Å². The first kappa shape index (κ1) is 37.9. The van der Waals surface area contributed by atoms with Gasteiger partial charge in [-0.25, -0.2) is 22.9 Å². The highest BCUT2D eigenvalue weighted by molar-refractivity contribution is 7.91. The van der Waals surface area contributed by atoms with E-state index in [1.165, 1.54) is 18.1 Å². The molecule has 4 amide bonds. The Labute approximate surface area is 304 Å². The first-order chi connectivity index (χ1) is 25.0. The van der Waals surface area contributed by atoms with Gasteiger partial charge in [-0.1, -0.05) is 12.2 Å². The normalized spacial score (nSPS) is 23.3. The van der Waals surface area contributed by atoms with E-state index in [2.05, 4.69) is 25.4 Å². The summed E-state index contributed by atoms with van der Waals surface area (Å²) < 4.78 is 79.9. The van der Waals surface area contributed by atoms with Crippen molar-refractivity contribution in [3.63, 3.8) is 0 Å². The van der Waals surface area contributed by atoms with E-state index in [1.807, 2.05) is 12.2 Å². The molecule has 3 N–H and O–H groups in total. The summed E-state index contributed by atoms with van der Waals surface area (Å²) >= 11 is 0. The Hall–Kier alpha value is -4.87. The molecular weight excluding hydrogens is 719 g/mol. The van der Waals surface area contributed by atoms with Gasteiger partial charge in [-0.2, -0.15) is 18.3 Å². The summed E-state index contributed by atoms with van der Waals surface area (Å²) in [4.78, 5) is 46.8. The van der Waals surface area contributed by atoms with Crippen molar-refractivity contribution in [3.05, 3.63) is 53.9 Å². The zero-order valence-electron chi connectivity index (χ0n) is 29.7. The third kappa shape index (κ3) is 7.77. The molecule has 0 radical (unpaired) electrons. The van der Waals surface area contributed by atoms with Crippen molar-refractivity contribution < 1.29 is 45.4 Å². The number of carbonyl (C=O) groups excluding carboxylic acids is 3. The molecular formula is C35H42F3N7O7S. The summed E-state index contributed by atoms with van der Waals surface area (Å²) in [7, 11) is -0.931. The van der Waals surface area contributed by atoms with Gasteiger partial charge < -0.3 is 25.0 Å². The average molecular weight is 762 g/mol. The molecule has 0 spiro atoms. The molecule has 3 atom stereocenters. The summed E-state index contributed by atoms with van der Waals surface area (Å²) in [5.41, 5.74) is -1.68. The van der Waals surface area contributed by atoms with Crippen LogP contribution in [0, 0.1) is 12.8 Å². The molecule has 14 nitrogen and oxygen atoms in total. The molecule has 2 fully saturated rings. The summed E-state index contributed by atoms with van der Waals surface area (Å²) in [5.74, 6) is -1.29. The molecule has 3 heterocycles. The maximum absolute atomic E-state index is 14.0. The maximum atomic E-state index is 14.0. The number of allylic oxidation sites excluding steroid dienone is 1. The van der Waals surface area contributed by atoms with Crippen LogP contribution < -0.4 is 24.8 Å². The Balaban J connectivity index is 1.28. The number of fused-ring (bicyclic) bond motifs is 2. The van der Waals surface area contributed by atoms with Gasteiger partial charge in [0.1, 0.15) is 23.1 Å². The molecule has 0 saturated heterocycles. The number of aryl methyl sites for hydroxylation is 1. The highest BCUT2D eigenvalue weighted by Gasteiger charge is 2.62. The number of hydrogen-bond acceptors (Lipinski definition) is 9. The van der Waals surface area contributed by atoms with Crippen molar-refractivity contribution >= 4 is 38.8 Å². The minimum Gasteiger partial charge on any atom is -0.496 e. The number of nitrogens with one attached hydrogen (secondary N) is 3. The topological polar surface area (TPSA) is 174 Å². The van der Waals surface area contributed by atoms with Gasteiger partial charge in [0, 0.05) is 49.1 Å². The number of ether oxygens (including phenoxy) is 2. The van der Waals surface area contributed by atoms with E-state index in [9.17, 15) is 36.0 Å². The second-order valence-electron chi connectivity index (χ2n) is 14.1. The van der Waals surface area contributed by atoms with E-state index in [4.69, 9.17) is 9.47 Å². The predicted molar refractivity (Wildman–Crippen MR) is 187 cm³/mol. The van der Waals surface area contributed by atoms with Gasteiger partial charge in [-0.15, -0.1) is 0 Å². The zero-order valence-corrected chi connectivity index (χ0v) is 30.6. The molecule has 2 aromatic heterocycles. The second kappa shape index (κ2) is 14.2. The number of pyridine rings is 1. The minimum absolute atomic E-state index is 0.0285. The minimum atomic E-state index is -4.68. The van der Waals surface area contributed by atoms with Gasteiger partial charge in [0.2, 0.25) is 15.9 Å². The number of alkyl halides is 3. The fourth-order valence-electron chi connectivity index (χ4n) is 6.28. The number of halogens is 3. The fourth-order valence-corrected chi connectivity index (χ4v) is 7.60. The zero-order chi connectivity index (χ0) is 38.3. The summed E-state index contributed by atoms with van der Waals surface area (Å²) in [6, 6.07) is 3.86. The van der Waals surface area contributed by atoms with E-state index < -0.39 is 62.0 Å². The van der Waals surface area contributed by atoms with Crippen molar-refractivity contribution in [2.45, 2.75) is 81.3 Å². The van der Waals surface area contributed by atoms with E-state index >= 15 is 0 Å². The fraction of sp³-hybridized carbons (Fsp3) is 0.514. The number of sulfonamides is 1. The number of urea groups is 1. The third-order valence-corrected chi connectivity index (χ3v) is 12.3. The van der Waals surface area contributed by atoms with Crippen LogP contribution in [-0.2, 0) is 25.8 Å². The first-order valence-electron chi connectivity index (χ1n) is 17.3. The number of methoxy groups -OCH3 is 1. The summed E-state index contributed by atoms with van der Waals surface area (Å²) in [6.07, 6.45) is 3.19. The molecule has 2 saturated carbocycles. The van der Waals surface area contributed by atoms with Gasteiger partial charge in [-0.05, 0) is 70.6 Å². The lowest BCUT2D eigenvalue weighted by Gasteiger charge is -2.26. The van der Waals surface area contributed by atoms with E-state index in [0.717, 1.165) is 23.4 Å². The van der Waals surface area contributed by atoms with Crippen LogP contribution in [0.5, 0.6) is 11.5 Å². The number of carbonyl (C=O) groups is 3. The van der Waals surface area contributed by atoms with Gasteiger partial charge in [0.25, 0.3) is 5.91 Å². The largest absolute Gasteiger partial charge is 0.496 e. The number of benzene rings is 1. The van der Waals surface area contributed by atoms with Crippen LogP contribution in [0.2, 0.25) is 0 Å². The maximum Gasteiger partial charge on any atom is 0.435 e. The number of nitrogens with zero attached hydrogens (tertiary/aromatic N) is 4. The summed E-state index contributed by atoms with van der Waals surface area (Å²) in [5, 5.41) is 9.64. The van der Waals surface area contributed by atoms with Gasteiger partial charge in [0.15, 0.2) is 11.5 Å². The Kier molecular flexibility index (Phi) is 10.1. The Morgan fingerprint density at radius 1 is 1.15 bits per heavy atom. The quantitative estimate of drug-likeness (QED) is 0.271. The van der Waals surface area contributed by atoms with Gasteiger partial charge in [0.05, 0.1) is 24.0 Å². The van der Waals surface area contributed by atoms with Gasteiger partial charge in [-0.3, -0.25) is 14.3 Å². The van der Waals surface area contributed by atoms with Crippen LogP contribution >= 0.6 is 0 Å². The Morgan fingerprint density at radius 3 is 2.58 bits per heavy atom. The number of rotatable bonds is 9. The highest BCUT2D eigenvalue weighted by atomic mass is 32.2. The molecule has 18 heteroatoms. The van der Waals surface area contributed by atoms with Crippen molar-refractivity contribution in [1.82, 2.24) is 35.0 Å². The van der Waals surface area contributed by atoms with Crippen molar-refractivity contribution in [3.8, 4) is 17.3 Å². The molecule has 53 heavy (non-hydrogen) atoms. The van der Waals surface area contributed by atoms with Crippen molar-refractivity contribution in [2.24, 2.45) is 5.92 Å². The number of aromatic nitrogens is 3. The second-order valence-corrected chi connectivity index (χ2v) is 16.2. The highest BCUT2D eigenvalue weighted by Crippen LogP contribution is 2.47. The smallest absolute Gasteiger partial charge is 0.435 e. The molecule has 2 aliphatic carbocycles. The third-order valence-electron chi connectivity index (χ3n) is 10.2. The number of hydrogen-bond donors (Lipinski definition) is 3. The van der Waals surface area contributed by atoms with Crippen molar-refractivity contribution in [1.29, 1.82) is 0 Å². The van der Waals surface area contributed by atoms with Crippen LogP contribution in [-0.4, -0.2) is 89.6 Å². The molecule has 1 aromatic carbocycles. The lowest BCUT2D eigenvalue weighted by Crippen LogP contribution is -2.58. The van der Waals surface area contributed by atoms with Gasteiger partial charge >= 0.3 is 12.2 Å². The molecule has 3 aromatic rings. The standard InChI is InChI=1S/C35H42F3N7O7S/c1-21-25(51-4)11-10-23-26(19-28(40-29(21)23)45-17-12-27(42-45)35(36,37)38)52-18-13-24-30(46)41-34(31(47)43-53(49,50)33(2)14-15-33)20-22(34)9-7-5-6-8-16-44(3)32(48)39-24/h7,9-12,17,19,22,24H,5-6,8,13-16,18,20H2,1-4H3,(H,39,48)(H,41,46)(H,43,47)/t22-,24+,34-/m1/s1. The van der Waals surface area contributed by atoms with E-state index in [1.54, 1.807) is 33.0 Å². The van der Waals surface area contributed by atoms with E-state index in [0.29, 0.717) is 54.4 Å². The molecule has 3 aliphatic rings. The van der Waals surface area contributed by atoms with Crippen LogP contribution in [0.15, 0.2) is 42.6 Å². The molecule has 6 rings (SSSR count). The SMILES string of the molecule is COc1ccc2c(OCC[C@@H]3NC(=O)N(C)CCCCC=C[C@@H]4C[C@@]4(C(=O)NS(=O)(=O)C4(C)CC4)NC3=O)cc(-n3ccc(C(F)(F)F)n3)nc2c1C. The Bertz CT molecular complexity index is 2070. The number of amides is 4. The summed E-state index contributed by atoms with van der Waals surface area (Å²) in [6.45, 7) is 3.54. The molecule has 286 valence electrons. The van der Waals surface area contributed by atoms with Crippen LogP contribution in [0.3, 0.4) is 0 Å². The van der Waals surface area contributed by atoms with Crippen LogP contribution in [0.1, 0.15) is 63.1 Å². The average Bonchev–Trinajstić information content (AvgIpc) is 3.96. The lowest BCUT2D eigenvalue weighted by atomic mass is 10.1. The molecule has 1 aliphatic heterocycles. The molecule has 0 bridgehead atoms. The first-order valence-corrected chi connectivity index (χ1v) is 18.8. The van der Waals surface area contributed by atoms with E-state index in [-0.39, 0.29) is 31.0 Å². The molecule has 0 unspecified atom stereocenters. The predicted octanol–water partition coefficient (Wildman–Crippen LogP) is 4.15. The monoisotopic (exact) mass is 761 g/mol.